The molecule has 2 aromatic carbocycles. The summed E-state index contributed by atoms with van der Waals surface area (Å²) in [6.07, 6.45) is 1.12. The van der Waals surface area contributed by atoms with Gasteiger partial charge in [0.2, 0.25) is 5.91 Å². The molecule has 2 aromatic rings. The molecule has 0 fully saturated rings. The molecule has 0 aromatic heterocycles. The Morgan fingerprint density at radius 3 is 2.22 bits per heavy atom. The molecule has 0 saturated carbocycles. The number of carbonyl (C=O) groups excluding carboxylic acids is 1. The van der Waals surface area contributed by atoms with Gasteiger partial charge in [0, 0.05) is 24.5 Å². The van der Waals surface area contributed by atoms with E-state index >= 15 is 0 Å². The molecule has 6 heteroatoms. The predicted octanol–water partition coefficient (Wildman–Crippen LogP) is 4.81. The van der Waals surface area contributed by atoms with Crippen molar-refractivity contribution in [1.29, 1.82) is 0 Å². The molecule has 0 radical (unpaired) electrons. The number of amides is 1. The van der Waals surface area contributed by atoms with Gasteiger partial charge in [-0.15, -0.1) is 0 Å². The SMILES string of the molecule is O=C(CCNc1c(Cl)cccc1Cl)NCCc1ccc(Cl)cc1. The first-order valence-corrected chi connectivity index (χ1v) is 8.38. The maximum atomic E-state index is 11.8. The summed E-state index contributed by atoms with van der Waals surface area (Å²) in [6.45, 7) is 1.06. The van der Waals surface area contributed by atoms with Gasteiger partial charge < -0.3 is 10.6 Å². The van der Waals surface area contributed by atoms with E-state index in [2.05, 4.69) is 10.6 Å². The van der Waals surface area contributed by atoms with Crippen LogP contribution in [-0.2, 0) is 11.2 Å². The van der Waals surface area contributed by atoms with Crippen molar-refractivity contribution >= 4 is 46.4 Å². The highest BCUT2D eigenvalue weighted by Gasteiger charge is 2.06. The summed E-state index contributed by atoms with van der Waals surface area (Å²) in [7, 11) is 0. The molecule has 0 atom stereocenters. The first-order chi connectivity index (χ1) is 11.1. The summed E-state index contributed by atoms with van der Waals surface area (Å²) in [5.41, 5.74) is 1.79. The van der Waals surface area contributed by atoms with Gasteiger partial charge in [-0.1, -0.05) is 53.0 Å². The normalized spacial score (nSPS) is 10.4. The lowest BCUT2D eigenvalue weighted by molar-refractivity contribution is -0.120. The molecule has 23 heavy (non-hydrogen) atoms. The van der Waals surface area contributed by atoms with Crippen LogP contribution in [-0.4, -0.2) is 19.0 Å². The molecule has 0 bridgehead atoms. The summed E-state index contributed by atoms with van der Waals surface area (Å²) in [5, 5.41) is 7.77. The summed E-state index contributed by atoms with van der Waals surface area (Å²) in [6, 6.07) is 12.9. The van der Waals surface area contributed by atoms with Crippen LogP contribution in [0.15, 0.2) is 42.5 Å². The monoisotopic (exact) mass is 370 g/mol. The first-order valence-electron chi connectivity index (χ1n) is 7.25. The summed E-state index contributed by atoms with van der Waals surface area (Å²) in [4.78, 5) is 11.8. The molecule has 3 nitrogen and oxygen atoms in total. The lowest BCUT2D eigenvalue weighted by atomic mass is 10.1. The second-order valence-electron chi connectivity index (χ2n) is 5.00. The minimum Gasteiger partial charge on any atom is -0.382 e. The smallest absolute Gasteiger partial charge is 0.221 e. The number of anilines is 1. The Hall–Kier alpha value is -1.42. The highest BCUT2D eigenvalue weighted by atomic mass is 35.5. The Kier molecular flexibility index (Phi) is 7.03. The number of nitrogens with one attached hydrogen (secondary N) is 2. The first kappa shape index (κ1) is 17.9. The van der Waals surface area contributed by atoms with Gasteiger partial charge in [-0.3, -0.25) is 4.79 Å². The van der Waals surface area contributed by atoms with Crippen LogP contribution in [0.1, 0.15) is 12.0 Å². The second-order valence-corrected chi connectivity index (χ2v) is 6.25. The van der Waals surface area contributed by atoms with Crippen molar-refractivity contribution in [3.05, 3.63) is 63.1 Å². The third-order valence-corrected chi connectivity index (χ3v) is 4.15. The number of carbonyl (C=O) groups is 1. The second kappa shape index (κ2) is 9.02. The van der Waals surface area contributed by atoms with Gasteiger partial charge >= 0.3 is 0 Å². The fraction of sp³-hybridized carbons (Fsp3) is 0.235. The van der Waals surface area contributed by atoms with Crippen molar-refractivity contribution < 1.29 is 4.79 Å². The fourth-order valence-electron chi connectivity index (χ4n) is 2.05. The molecular formula is C17H17Cl3N2O. The Bertz CT molecular complexity index is 639. The van der Waals surface area contributed by atoms with Crippen molar-refractivity contribution in [1.82, 2.24) is 5.32 Å². The van der Waals surface area contributed by atoms with Crippen molar-refractivity contribution in [2.45, 2.75) is 12.8 Å². The van der Waals surface area contributed by atoms with Crippen LogP contribution in [0.3, 0.4) is 0 Å². The quantitative estimate of drug-likeness (QED) is 0.733. The van der Waals surface area contributed by atoms with E-state index in [0.29, 0.717) is 40.3 Å². The minimum atomic E-state index is -0.0189. The molecule has 122 valence electrons. The van der Waals surface area contributed by atoms with E-state index < -0.39 is 0 Å². The number of para-hydroxylation sites is 1. The van der Waals surface area contributed by atoms with Gasteiger partial charge in [-0.25, -0.2) is 0 Å². The Morgan fingerprint density at radius 2 is 1.57 bits per heavy atom. The maximum Gasteiger partial charge on any atom is 0.221 e. The zero-order valence-corrected chi connectivity index (χ0v) is 14.7. The van der Waals surface area contributed by atoms with Gasteiger partial charge in [0.1, 0.15) is 0 Å². The molecule has 2 rings (SSSR count). The van der Waals surface area contributed by atoms with Crippen LogP contribution in [0.2, 0.25) is 15.1 Å². The molecule has 1 amide bonds. The number of benzene rings is 2. The Balaban J connectivity index is 1.68. The van der Waals surface area contributed by atoms with E-state index in [0.717, 1.165) is 12.0 Å². The topological polar surface area (TPSA) is 41.1 Å². The third kappa shape index (κ3) is 5.94. The number of hydrogen-bond donors (Lipinski definition) is 2. The Morgan fingerprint density at radius 1 is 0.913 bits per heavy atom. The number of rotatable bonds is 7. The standard InChI is InChI=1S/C17H17Cl3N2O/c18-13-6-4-12(5-7-13)8-10-21-16(23)9-11-22-17-14(19)2-1-3-15(17)20/h1-7,22H,8-11H2,(H,21,23). The molecule has 2 N–H and O–H groups in total. The molecule has 0 aliphatic rings. The molecule has 0 spiro atoms. The third-order valence-electron chi connectivity index (χ3n) is 3.27. The van der Waals surface area contributed by atoms with Gasteiger partial charge in [0.25, 0.3) is 0 Å². The average Bonchev–Trinajstić information content (AvgIpc) is 2.52. The van der Waals surface area contributed by atoms with Crippen molar-refractivity contribution in [3.63, 3.8) is 0 Å². The lowest BCUT2D eigenvalue weighted by Gasteiger charge is -2.10. The van der Waals surface area contributed by atoms with Gasteiger partial charge in [0.15, 0.2) is 0 Å². The molecule has 0 heterocycles. The van der Waals surface area contributed by atoms with E-state index in [-0.39, 0.29) is 5.91 Å². The van der Waals surface area contributed by atoms with E-state index in [4.69, 9.17) is 34.8 Å². The zero-order valence-electron chi connectivity index (χ0n) is 12.4. The van der Waals surface area contributed by atoms with Crippen LogP contribution < -0.4 is 10.6 Å². The van der Waals surface area contributed by atoms with Gasteiger partial charge in [-0.05, 0) is 36.2 Å². The zero-order chi connectivity index (χ0) is 16.7. The lowest BCUT2D eigenvalue weighted by Crippen LogP contribution is -2.27. The molecule has 0 saturated heterocycles. The van der Waals surface area contributed by atoms with E-state index in [1.165, 1.54) is 0 Å². The van der Waals surface area contributed by atoms with E-state index in [9.17, 15) is 4.79 Å². The number of hydrogen-bond acceptors (Lipinski definition) is 2. The summed E-state index contributed by atoms with van der Waals surface area (Å²) >= 11 is 17.9. The minimum absolute atomic E-state index is 0.0189. The van der Waals surface area contributed by atoms with Gasteiger partial charge in [-0.2, -0.15) is 0 Å². The van der Waals surface area contributed by atoms with E-state index in [1.807, 2.05) is 24.3 Å². The van der Waals surface area contributed by atoms with Crippen LogP contribution in [0.25, 0.3) is 0 Å². The maximum absolute atomic E-state index is 11.8. The highest BCUT2D eigenvalue weighted by molar-refractivity contribution is 6.39. The fourth-order valence-corrected chi connectivity index (χ4v) is 2.71. The van der Waals surface area contributed by atoms with Crippen LogP contribution in [0, 0.1) is 0 Å². The van der Waals surface area contributed by atoms with Crippen LogP contribution >= 0.6 is 34.8 Å². The average molecular weight is 372 g/mol. The number of halogens is 3. The molecule has 0 unspecified atom stereocenters. The molecule has 0 aliphatic carbocycles. The van der Waals surface area contributed by atoms with Crippen LogP contribution in [0.5, 0.6) is 0 Å². The van der Waals surface area contributed by atoms with Crippen molar-refractivity contribution in [2.75, 3.05) is 18.4 Å². The Labute approximate surface area is 150 Å². The molecule has 0 aliphatic heterocycles. The summed E-state index contributed by atoms with van der Waals surface area (Å²) < 4.78 is 0. The predicted molar refractivity (Wildman–Crippen MR) is 97.7 cm³/mol. The highest BCUT2D eigenvalue weighted by Crippen LogP contribution is 2.29. The van der Waals surface area contributed by atoms with Crippen molar-refractivity contribution in [2.24, 2.45) is 0 Å². The van der Waals surface area contributed by atoms with Gasteiger partial charge in [0.05, 0.1) is 15.7 Å². The molecular weight excluding hydrogens is 355 g/mol. The largest absolute Gasteiger partial charge is 0.382 e. The van der Waals surface area contributed by atoms with Crippen LogP contribution in [0.4, 0.5) is 5.69 Å². The van der Waals surface area contributed by atoms with E-state index in [1.54, 1.807) is 18.2 Å². The summed E-state index contributed by atoms with van der Waals surface area (Å²) in [5.74, 6) is -0.0189. The van der Waals surface area contributed by atoms with Crippen molar-refractivity contribution in [3.8, 4) is 0 Å².